The summed E-state index contributed by atoms with van der Waals surface area (Å²) in [5.41, 5.74) is 6.86. The molecule has 108 valence electrons. The third-order valence-corrected chi connectivity index (χ3v) is 2.94. The van der Waals surface area contributed by atoms with Crippen LogP contribution in [-0.2, 0) is 4.79 Å². The second kappa shape index (κ2) is 6.15. The summed E-state index contributed by atoms with van der Waals surface area (Å²) in [7, 11) is 0. The molecule has 2 aromatic carbocycles. The molecule has 0 saturated heterocycles. The van der Waals surface area contributed by atoms with Crippen LogP contribution in [-0.4, -0.2) is 16.9 Å². The van der Waals surface area contributed by atoms with Crippen LogP contribution in [0.15, 0.2) is 54.6 Å². The van der Waals surface area contributed by atoms with Crippen molar-refractivity contribution in [3.05, 3.63) is 64.7 Å². The standard InChI is InChI=1S/C15H15N3O3/c1-11(16)15(19)17(12-5-3-2-4-6-12)13-7-9-14(10-8-13)18(20)21/h2-11H,16H2,1H3/t11-/m0/s1. The van der Waals surface area contributed by atoms with Crippen molar-refractivity contribution in [3.63, 3.8) is 0 Å². The molecule has 21 heavy (non-hydrogen) atoms. The molecular weight excluding hydrogens is 270 g/mol. The van der Waals surface area contributed by atoms with Crippen LogP contribution in [0.2, 0.25) is 0 Å². The molecule has 6 nitrogen and oxygen atoms in total. The van der Waals surface area contributed by atoms with E-state index in [4.69, 9.17) is 5.73 Å². The van der Waals surface area contributed by atoms with Crippen LogP contribution in [0.25, 0.3) is 0 Å². The summed E-state index contributed by atoms with van der Waals surface area (Å²) in [5.74, 6) is -0.282. The maximum absolute atomic E-state index is 12.3. The molecule has 0 aliphatic heterocycles. The Labute approximate surface area is 121 Å². The van der Waals surface area contributed by atoms with Gasteiger partial charge in [0, 0.05) is 23.5 Å². The highest BCUT2D eigenvalue weighted by Crippen LogP contribution is 2.27. The Hall–Kier alpha value is -2.73. The minimum Gasteiger partial charge on any atom is -0.320 e. The third kappa shape index (κ3) is 3.24. The largest absolute Gasteiger partial charge is 0.320 e. The lowest BCUT2D eigenvalue weighted by molar-refractivity contribution is -0.384. The minimum absolute atomic E-state index is 0.0278. The number of hydrogen-bond acceptors (Lipinski definition) is 4. The molecule has 0 aliphatic rings. The van der Waals surface area contributed by atoms with Gasteiger partial charge in [-0.05, 0) is 31.2 Å². The maximum atomic E-state index is 12.3. The molecule has 0 saturated carbocycles. The number of hydrogen-bond donors (Lipinski definition) is 1. The van der Waals surface area contributed by atoms with Gasteiger partial charge in [0.2, 0.25) is 5.91 Å². The van der Waals surface area contributed by atoms with Crippen molar-refractivity contribution >= 4 is 23.0 Å². The monoisotopic (exact) mass is 285 g/mol. The smallest absolute Gasteiger partial charge is 0.269 e. The van der Waals surface area contributed by atoms with E-state index in [1.54, 1.807) is 19.1 Å². The average Bonchev–Trinajstić information content (AvgIpc) is 2.49. The Bertz CT molecular complexity index is 639. The summed E-state index contributed by atoms with van der Waals surface area (Å²) in [6.45, 7) is 1.60. The quantitative estimate of drug-likeness (QED) is 0.690. The summed E-state index contributed by atoms with van der Waals surface area (Å²) in [6, 6.07) is 14.1. The van der Waals surface area contributed by atoms with Gasteiger partial charge in [0.05, 0.1) is 11.0 Å². The van der Waals surface area contributed by atoms with E-state index in [0.717, 1.165) is 0 Å². The number of nitrogens with two attached hydrogens (primary N) is 1. The Morgan fingerprint density at radius 3 is 2.10 bits per heavy atom. The van der Waals surface area contributed by atoms with Gasteiger partial charge < -0.3 is 5.73 Å². The summed E-state index contributed by atoms with van der Waals surface area (Å²) >= 11 is 0. The van der Waals surface area contributed by atoms with Crippen LogP contribution < -0.4 is 10.6 Å². The molecule has 0 fully saturated rings. The molecule has 1 atom stereocenters. The number of nitro benzene ring substituents is 1. The molecule has 0 aliphatic carbocycles. The van der Waals surface area contributed by atoms with Crippen molar-refractivity contribution in [2.24, 2.45) is 5.73 Å². The lowest BCUT2D eigenvalue weighted by Crippen LogP contribution is -2.39. The predicted molar refractivity (Wildman–Crippen MR) is 80.3 cm³/mol. The normalized spacial score (nSPS) is 11.7. The second-order valence-electron chi connectivity index (χ2n) is 4.57. The zero-order valence-corrected chi connectivity index (χ0v) is 11.5. The van der Waals surface area contributed by atoms with Crippen molar-refractivity contribution in [3.8, 4) is 0 Å². The highest BCUT2D eigenvalue weighted by atomic mass is 16.6. The molecule has 0 aromatic heterocycles. The molecule has 2 N–H and O–H groups in total. The molecule has 2 aromatic rings. The minimum atomic E-state index is -0.680. The first-order chi connectivity index (χ1) is 10.0. The van der Waals surface area contributed by atoms with Crippen LogP contribution in [0.4, 0.5) is 17.1 Å². The number of benzene rings is 2. The lowest BCUT2D eigenvalue weighted by Gasteiger charge is -2.24. The van der Waals surface area contributed by atoms with E-state index in [0.29, 0.717) is 11.4 Å². The molecule has 0 heterocycles. The Balaban J connectivity index is 2.45. The van der Waals surface area contributed by atoms with Crippen molar-refractivity contribution in [1.29, 1.82) is 0 Å². The predicted octanol–water partition coefficient (Wildman–Crippen LogP) is 2.61. The number of nitro groups is 1. The SMILES string of the molecule is C[C@H](N)C(=O)N(c1ccccc1)c1ccc([N+](=O)[O-])cc1. The number of amides is 1. The number of para-hydroxylation sites is 1. The lowest BCUT2D eigenvalue weighted by atomic mass is 10.2. The highest BCUT2D eigenvalue weighted by Gasteiger charge is 2.21. The van der Waals surface area contributed by atoms with Crippen LogP contribution in [0.1, 0.15) is 6.92 Å². The van der Waals surface area contributed by atoms with E-state index in [2.05, 4.69) is 0 Å². The Kier molecular flexibility index (Phi) is 4.30. The van der Waals surface area contributed by atoms with E-state index in [1.165, 1.54) is 29.2 Å². The van der Waals surface area contributed by atoms with Crippen LogP contribution in [0, 0.1) is 10.1 Å². The topological polar surface area (TPSA) is 89.5 Å². The molecule has 0 radical (unpaired) electrons. The van der Waals surface area contributed by atoms with Gasteiger partial charge in [0.25, 0.3) is 5.69 Å². The summed E-state index contributed by atoms with van der Waals surface area (Å²) in [6.07, 6.45) is 0. The van der Waals surface area contributed by atoms with Gasteiger partial charge in [-0.3, -0.25) is 19.8 Å². The van der Waals surface area contributed by atoms with Crippen molar-refractivity contribution in [1.82, 2.24) is 0 Å². The average molecular weight is 285 g/mol. The van der Waals surface area contributed by atoms with Crippen LogP contribution in [0.3, 0.4) is 0 Å². The Morgan fingerprint density at radius 2 is 1.62 bits per heavy atom. The van der Waals surface area contributed by atoms with Gasteiger partial charge in [0.15, 0.2) is 0 Å². The third-order valence-electron chi connectivity index (χ3n) is 2.94. The van der Waals surface area contributed by atoms with Gasteiger partial charge in [-0.2, -0.15) is 0 Å². The molecule has 6 heteroatoms. The van der Waals surface area contributed by atoms with Crippen molar-refractivity contribution in [2.75, 3.05) is 4.90 Å². The van der Waals surface area contributed by atoms with Gasteiger partial charge in [-0.1, -0.05) is 18.2 Å². The number of carbonyl (C=O) groups excluding carboxylic acids is 1. The fourth-order valence-corrected chi connectivity index (χ4v) is 1.91. The van der Waals surface area contributed by atoms with Crippen molar-refractivity contribution < 1.29 is 9.72 Å². The number of nitrogens with zero attached hydrogens (tertiary/aromatic N) is 2. The van der Waals surface area contributed by atoms with E-state index in [1.807, 2.05) is 18.2 Å². The molecule has 1 amide bonds. The maximum Gasteiger partial charge on any atom is 0.269 e. The van der Waals surface area contributed by atoms with Crippen LogP contribution in [0.5, 0.6) is 0 Å². The van der Waals surface area contributed by atoms with E-state index in [-0.39, 0.29) is 11.6 Å². The zero-order valence-electron chi connectivity index (χ0n) is 11.5. The zero-order chi connectivity index (χ0) is 15.4. The van der Waals surface area contributed by atoms with Gasteiger partial charge in [-0.15, -0.1) is 0 Å². The molecule has 0 unspecified atom stereocenters. The number of rotatable bonds is 4. The molecular formula is C15H15N3O3. The summed E-state index contributed by atoms with van der Waals surface area (Å²) < 4.78 is 0. The van der Waals surface area contributed by atoms with E-state index in [9.17, 15) is 14.9 Å². The molecule has 2 rings (SSSR count). The fraction of sp³-hybridized carbons (Fsp3) is 0.133. The first-order valence-electron chi connectivity index (χ1n) is 6.40. The van der Waals surface area contributed by atoms with Crippen molar-refractivity contribution in [2.45, 2.75) is 13.0 Å². The molecule has 0 spiro atoms. The van der Waals surface area contributed by atoms with Gasteiger partial charge in [-0.25, -0.2) is 0 Å². The Morgan fingerprint density at radius 1 is 1.10 bits per heavy atom. The van der Waals surface area contributed by atoms with Crippen LogP contribution >= 0.6 is 0 Å². The second-order valence-corrected chi connectivity index (χ2v) is 4.57. The number of carbonyl (C=O) groups is 1. The van der Waals surface area contributed by atoms with E-state index >= 15 is 0 Å². The van der Waals surface area contributed by atoms with Gasteiger partial charge in [0.1, 0.15) is 0 Å². The number of non-ortho nitro benzene ring substituents is 1. The first-order valence-corrected chi connectivity index (χ1v) is 6.40. The first kappa shape index (κ1) is 14.7. The highest BCUT2D eigenvalue weighted by molar-refractivity contribution is 6.03. The summed E-state index contributed by atoms with van der Waals surface area (Å²) in [5, 5.41) is 10.7. The van der Waals surface area contributed by atoms with E-state index < -0.39 is 11.0 Å². The molecule has 0 bridgehead atoms. The van der Waals surface area contributed by atoms with Gasteiger partial charge >= 0.3 is 0 Å². The fourth-order valence-electron chi connectivity index (χ4n) is 1.91. The summed E-state index contributed by atoms with van der Waals surface area (Å²) in [4.78, 5) is 24.0. The number of anilines is 2.